The van der Waals surface area contributed by atoms with E-state index < -0.39 is 0 Å². The normalized spacial score (nSPS) is 11.6. The summed E-state index contributed by atoms with van der Waals surface area (Å²) in [7, 11) is 1.66. The minimum Gasteiger partial charge on any atom is -0.497 e. The van der Waals surface area contributed by atoms with Gasteiger partial charge >= 0.3 is 0 Å². The third-order valence-electron chi connectivity index (χ3n) is 5.62. The van der Waals surface area contributed by atoms with Gasteiger partial charge in [0.25, 0.3) is 5.91 Å². The second-order valence-electron chi connectivity index (χ2n) is 7.92. The minimum atomic E-state index is -0.231. The lowest BCUT2D eigenvalue weighted by Crippen LogP contribution is -2.18. The van der Waals surface area contributed by atoms with Gasteiger partial charge in [-0.15, -0.1) is 11.3 Å². The van der Waals surface area contributed by atoms with E-state index in [1.807, 2.05) is 67.6 Å². The second kappa shape index (κ2) is 9.88. The van der Waals surface area contributed by atoms with Crippen LogP contribution < -0.4 is 15.4 Å². The summed E-state index contributed by atoms with van der Waals surface area (Å²) in [6.07, 6.45) is 1.80. The van der Waals surface area contributed by atoms with Gasteiger partial charge in [0.2, 0.25) is 0 Å². The maximum Gasteiger partial charge on any atom is 0.256 e. The molecule has 2 aromatic heterocycles. The van der Waals surface area contributed by atoms with Crippen molar-refractivity contribution >= 4 is 28.1 Å². The van der Waals surface area contributed by atoms with Crippen LogP contribution in [0, 0.1) is 20.8 Å². The zero-order valence-electron chi connectivity index (χ0n) is 19.2. The first kappa shape index (κ1) is 22.6. The van der Waals surface area contributed by atoms with E-state index in [0.29, 0.717) is 5.56 Å². The topological polar surface area (TPSA) is 63.2 Å². The molecular formula is C27H27N3O2S. The van der Waals surface area contributed by atoms with Gasteiger partial charge in [-0.1, -0.05) is 30.3 Å². The van der Waals surface area contributed by atoms with Crippen LogP contribution in [0.3, 0.4) is 0 Å². The first-order valence-electron chi connectivity index (χ1n) is 10.8. The number of benzene rings is 2. The number of nitrogens with one attached hydrogen (secondary N) is 2. The summed E-state index contributed by atoms with van der Waals surface area (Å²) in [6.45, 7) is 6.21. The fourth-order valence-electron chi connectivity index (χ4n) is 3.76. The Kier molecular flexibility index (Phi) is 6.75. The first-order valence-corrected chi connectivity index (χ1v) is 11.6. The average Bonchev–Trinajstić information content (AvgIpc) is 3.10. The molecule has 0 saturated heterocycles. The number of aromatic nitrogens is 1. The summed E-state index contributed by atoms with van der Waals surface area (Å²) in [5.74, 6) is 1.42. The van der Waals surface area contributed by atoms with Crippen LogP contribution in [0.2, 0.25) is 0 Å². The number of rotatable bonds is 7. The number of anilines is 2. The van der Waals surface area contributed by atoms with Crippen LogP contribution in [0.5, 0.6) is 5.75 Å². The molecule has 0 aliphatic carbocycles. The van der Waals surface area contributed by atoms with Crippen LogP contribution in [-0.2, 0) is 0 Å². The Hall–Kier alpha value is -3.64. The molecule has 4 rings (SSSR count). The summed E-state index contributed by atoms with van der Waals surface area (Å²) in [6, 6.07) is 21.0. The average molecular weight is 458 g/mol. The Morgan fingerprint density at radius 2 is 1.79 bits per heavy atom. The molecule has 0 radical (unpaired) electrons. The van der Waals surface area contributed by atoms with Gasteiger partial charge < -0.3 is 15.4 Å². The number of carbonyl (C=O) groups excluding carboxylic acids is 1. The van der Waals surface area contributed by atoms with Gasteiger partial charge in [0.15, 0.2) is 0 Å². The molecule has 0 unspecified atom stereocenters. The number of pyridine rings is 1. The molecule has 168 valence electrons. The molecule has 4 aromatic rings. The van der Waals surface area contributed by atoms with E-state index in [-0.39, 0.29) is 11.9 Å². The highest BCUT2D eigenvalue weighted by atomic mass is 32.1. The highest BCUT2D eigenvalue weighted by molar-refractivity contribution is 7.16. The van der Waals surface area contributed by atoms with Crippen molar-refractivity contribution in [2.75, 3.05) is 17.7 Å². The molecule has 33 heavy (non-hydrogen) atoms. The maximum atomic E-state index is 13.0. The summed E-state index contributed by atoms with van der Waals surface area (Å²) < 4.78 is 5.49. The van der Waals surface area contributed by atoms with Crippen molar-refractivity contribution in [3.05, 3.63) is 106 Å². The zero-order valence-corrected chi connectivity index (χ0v) is 20.0. The molecule has 1 atom stereocenters. The van der Waals surface area contributed by atoms with E-state index in [0.717, 1.165) is 43.7 Å². The largest absolute Gasteiger partial charge is 0.497 e. The maximum absolute atomic E-state index is 13.0. The van der Waals surface area contributed by atoms with Crippen molar-refractivity contribution in [3.8, 4) is 5.75 Å². The number of hydrogen-bond acceptors (Lipinski definition) is 5. The van der Waals surface area contributed by atoms with Gasteiger partial charge in [-0.25, -0.2) is 4.98 Å². The SMILES string of the molecule is COc1cccc([C@@H](Nc2cc(C)ccn2)c2c(NC(=O)c3ccccc3)sc(C)c2C)c1. The lowest BCUT2D eigenvalue weighted by molar-refractivity contribution is 0.102. The molecule has 2 heterocycles. The van der Waals surface area contributed by atoms with E-state index in [9.17, 15) is 4.79 Å². The van der Waals surface area contributed by atoms with Crippen LogP contribution in [-0.4, -0.2) is 18.0 Å². The predicted molar refractivity (Wildman–Crippen MR) is 136 cm³/mol. The van der Waals surface area contributed by atoms with Gasteiger partial charge in [0.1, 0.15) is 16.6 Å². The van der Waals surface area contributed by atoms with Crippen LogP contribution >= 0.6 is 11.3 Å². The van der Waals surface area contributed by atoms with Gasteiger partial charge in [-0.2, -0.15) is 0 Å². The minimum absolute atomic E-state index is 0.129. The Balaban J connectivity index is 1.80. The van der Waals surface area contributed by atoms with Crippen molar-refractivity contribution in [1.29, 1.82) is 0 Å². The molecule has 0 spiro atoms. The van der Waals surface area contributed by atoms with Crippen LogP contribution in [0.15, 0.2) is 72.9 Å². The zero-order chi connectivity index (χ0) is 23.4. The van der Waals surface area contributed by atoms with E-state index in [1.54, 1.807) is 24.6 Å². The lowest BCUT2D eigenvalue weighted by Gasteiger charge is -2.23. The van der Waals surface area contributed by atoms with E-state index in [2.05, 4.69) is 35.5 Å². The molecule has 0 aliphatic heterocycles. The standard InChI is InChI=1S/C27H27N3O2S/c1-17-13-14-28-23(15-17)29-25(21-11-8-12-22(16-21)32-4)24-18(2)19(3)33-27(24)30-26(31)20-9-6-5-7-10-20/h5-16,25H,1-4H3,(H,28,29)(H,30,31)/t25-/m1/s1. The monoisotopic (exact) mass is 457 g/mol. The Bertz CT molecular complexity index is 1270. The summed E-state index contributed by atoms with van der Waals surface area (Å²) >= 11 is 1.59. The number of nitrogens with zero attached hydrogens (tertiary/aromatic N) is 1. The highest BCUT2D eigenvalue weighted by Gasteiger charge is 2.25. The number of aryl methyl sites for hydroxylation is 2. The second-order valence-corrected chi connectivity index (χ2v) is 9.14. The fraction of sp³-hybridized carbons (Fsp3) is 0.185. The predicted octanol–water partition coefficient (Wildman–Crippen LogP) is 6.53. The highest BCUT2D eigenvalue weighted by Crippen LogP contribution is 2.41. The smallest absolute Gasteiger partial charge is 0.256 e. The van der Waals surface area contributed by atoms with Crippen molar-refractivity contribution in [3.63, 3.8) is 0 Å². The molecule has 2 aromatic carbocycles. The number of thiophene rings is 1. The molecule has 1 amide bonds. The van der Waals surface area contributed by atoms with Crippen LogP contribution in [0.25, 0.3) is 0 Å². The molecule has 2 N–H and O–H groups in total. The Morgan fingerprint density at radius 3 is 2.52 bits per heavy atom. The number of ether oxygens (including phenoxy) is 1. The number of carbonyl (C=O) groups is 1. The quantitative estimate of drug-likeness (QED) is 0.331. The first-order chi connectivity index (χ1) is 16.0. The van der Waals surface area contributed by atoms with Crippen molar-refractivity contribution in [2.45, 2.75) is 26.8 Å². The summed E-state index contributed by atoms with van der Waals surface area (Å²) in [4.78, 5) is 18.7. The number of methoxy groups -OCH3 is 1. The van der Waals surface area contributed by atoms with Gasteiger partial charge in [0, 0.05) is 22.2 Å². The van der Waals surface area contributed by atoms with E-state index in [1.165, 1.54) is 0 Å². The molecule has 0 bridgehead atoms. The van der Waals surface area contributed by atoms with E-state index in [4.69, 9.17) is 4.74 Å². The van der Waals surface area contributed by atoms with Crippen molar-refractivity contribution in [1.82, 2.24) is 4.98 Å². The molecule has 5 nitrogen and oxygen atoms in total. The third kappa shape index (κ3) is 5.07. The number of hydrogen-bond donors (Lipinski definition) is 2. The molecular weight excluding hydrogens is 430 g/mol. The molecule has 0 saturated carbocycles. The molecule has 0 aliphatic rings. The molecule has 6 heteroatoms. The van der Waals surface area contributed by atoms with Crippen molar-refractivity contribution in [2.24, 2.45) is 0 Å². The summed E-state index contributed by atoms with van der Waals surface area (Å²) in [5.41, 5.74) is 4.93. The van der Waals surface area contributed by atoms with Gasteiger partial charge in [-0.3, -0.25) is 4.79 Å². The molecule has 0 fully saturated rings. The fourth-order valence-corrected chi connectivity index (χ4v) is 4.85. The van der Waals surface area contributed by atoms with E-state index >= 15 is 0 Å². The Labute approximate surface area is 198 Å². The van der Waals surface area contributed by atoms with Gasteiger partial charge in [0.05, 0.1) is 13.2 Å². The van der Waals surface area contributed by atoms with Crippen LogP contribution in [0.1, 0.15) is 43.5 Å². The van der Waals surface area contributed by atoms with Crippen molar-refractivity contribution < 1.29 is 9.53 Å². The number of amides is 1. The van der Waals surface area contributed by atoms with Gasteiger partial charge in [-0.05, 0) is 73.9 Å². The summed E-state index contributed by atoms with van der Waals surface area (Å²) in [5, 5.41) is 7.58. The van der Waals surface area contributed by atoms with Crippen LogP contribution in [0.4, 0.5) is 10.8 Å². The Morgan fingerprint density at radius 1 is 1.00 bits per heavy atom. The lowest BCUT2D eigenvalue weighted by atomic mass is 9.96. The third-order valence-corrected chi connectivity index (χ3v) is 6.76.